The molecule has 16 heavy (non-hydrogen) atoms. The van der Waals surface area contributed by atoms with Crippen LogP contribution < -0.4 is 0 Å². The first-order valence-corrected chi connectivity index (χ1v) is 5.71. The van der Waals surface area contributed by atoms with Gasteiger partial charge in [-0.2, -0.15) is 13.2 Å². The van der Waals surface area contributed by atoms with Crippen LogP contribution in [0.25, 0.3) is 0 Å². The molecule has 0 spiro atoms. The van der Waals surface area contributed by atoms with Crippen molar-refractivity contribution in [2.24, 2.45) is 0 Å². The van der Waals surface area contributed by atoms with Gasteiger partial charge >= 0.3 is 6.18 Å². The van der Waals surface area contributed by atoms with Crippen LogP contribution in [0.2, 0.25) is 0 Å². The molecule has 0 saturated carbocycles. The SMILES string of the molecule is CC(=O)Cc1cc(CBr)ccc1C(F)(F)F. The Bertz CT molecular complexity index is 399. The lowest BCUT2D eigenvalue weighted by molar-refractivity contribution is -0.138. The lowest BCUT2D eigenvalue weighted by Gasteiger charge is -2.12. The van der Waals surface area contributed by atoms with Gasteiger partial charge in [0.05, 0.1) is 5.56 Å². The molecule has 0 aliphatic carbocycles. The molecule has 0 atom stereocenters. The highest BCUT2D eigenvalue weighted by molar-refractivity contribution is 9.08. The van der Waals surface area contributed by atoms with Crippen LogP contribution in [0, 0.1) is 0 Å². The summed E-state index contributed by atoms with van der Waals surface area (Å²) in [6, 6.07) is 3.84. The molecule has 88 valence electrons. The summed E-state index contributed by atoms with van der Waals surface area (Å²) in [5.74, 6) is -0.280. The Morgan fingerprint density at radius 1 is 1.38 bits per heavy atom. The Labute approximate surface area is 99.8 Å². The van der Waals surface area contributed by atoms with Crippen LogP contribution >= 0.6 is 15.9 Å². The Morgan fingerprint density at radius 2 is 2.00 bits per heavy atom. The summed E-state index contributed by atoms with van der Waals surface area (Å²) in [5, 5.41) is 0.468. The summed E-state index contributed by atoms with van der Waals surface area (Å²) in [6.07, 6.45) is -4.59. The average molecular weight is 295 g/mol. The fourth-order valence-electron chi connectivity index (χ4n) is 1.42. The van der Waals surface area contributed by atoms with E-state index in [1.165, 1.54) is 19.1 Å². The number of carbonyl (C=O) groups excluding carboxylic acids is 1. The number of benzene rings is 1. The van der Waals surface area contributed by atoms with Gasteiger partial charge in [-0.3, -0.25) is 4.79 Å². The second-order valence-corrected chi connectivity index (χ2v) is 4.06. The Balaban J connectivity index is 3.21. The van der Waals surface area contributed by atoms with Gasteiger partial charge in [0.1, 0.15) is 5.78 Å². The Morgan fingerprint density at radius 3 is 2.44 bits per heavy atom. The van der Waals surface area contributed by atoms with Gasteiger partial charge in [0.15, 0.2) is 0 Å². The Kier molecular flexibility index (Phi) is 4.13. The predicted molar refractivity (Wildman–Crippen MR) is 58.5 cm³/mol. The third kappa shape index (κ3) is 3.33. The third-order valence-electron chi connectivity index (χ3n) is 2.07. The lowest BCUT2D eigenvalue weighted by Crippen LogP contribution is -2.11. The topological polar surface area (TPSA) is 17.1 Å². The highest BCUT2D eigenvalue weighted by Gasteiger charge is 2.33. The molecule has 0 aromatic heterocycles. The number of halogens is 4. The quantitative estimate of drug-likeness (QED) is 0.777. The maximum absolute atomic E-state index is 12.6. The third-order valence-corrected chi connectivity index (χ3v) is 2.72. The van der Waals surface area contributed by atoms with E-state index in [0.29, 0.717) is 5.33 Å². The summed E-state index contributed by atoms with van der Waals surface area (Å²) >= 11 is 3.17. The minimum atomic E-state index is -4.41. The molecule has 1 rings (SSSR count). The average Bonchev–Trinajstić information content (AvgIpc) is 2.14. The number of carbonyl (C=O) groups is 1. The van der Waals surface area contributed by atoms with Gasteiger partial charge in [-0.15, -0.1) is 0 Å². The summed E-state index contributed by atoms with van der Waals surface area (Å²) < 4.78 is 37.8. The van der Waals surface area contributed by atoms with Crippen molar-refractivity contribution >= 4 is 21.7 Å². The van der Waals surface area contributed by atoms with Crippen LogP contribution in [0.1, 0.15) is 23.6 Å². The zero-order valence-corrected chi connectivity index (χ0v) is 10.2. The van der Waals surface area contributed by atoms with Crippen molar-refractivity contribution in [1.82, 2.24) is 0 Å². The molecule has 1 aromatic carbocycles. The predicted octanol–water partition coefficient (Wildman–Crippen LogP) is 3.73. The molecule has 0 saturated heterocycles. The standard InChI is InChI=1S/C11H10BrF3O/c1-7(16)4-9-5-8(6-12)2-3-10(9)11(13,14)15/h2-3,5H,4,6H2,1H3. The number of hydrogen-bond acceptors (Lipinski definition) is 1. The van der Waals surface area contributed by atoms with Crippen molar-refractivity contribution in [3.63, 3.8) is 0 Å². The number of alkyl halides is 4. The summed E-state index contributed by atoms with van der Waals surface area (Å²) in [4.78, 5) is 10.9. The smallest absolute Gasteiger partial charge is 0.300 e. The van der Waals surface area contributed by atoms with Gasteiger partial charge in [-0.25, -0.2) is 0 Å². The molecule has 0 heterocycles. The molecule has 0 aliphatic heterocycles. The van der Waals surface area contributed by atoms with Crippen molar-refractivity contribution in [2.75, 3.05) is 0 Å². The van der Waals surface area contributed by atoms with Crippen molar-refractivity contribution in [3.05, 3.63) is 34.9 Å². The van der Waals surface area contributed by atoms with Crippen LogP contribution in [0.4, 0.5) is 13.2 Å². The van der Waals surface area contributed by atoms with Crippen LogP contribution in [0.5, 0.6) is 0 Å². The first kappa shape index (κ1) is 13.2. The molecule has 0 unspecified atom stereocenters. The maximum atomic E-state index is 12.6. The first-order valence-electron chi connectivity index (χ1n) is 4.59. The zero-order valence-electron chi connectivity index (χ0n) is 8.57. The number of hydrogen-bond donors (Lipinski definition) is 0. The van der Waals surface area contributed by atoms with E-state index in [-0.39, 0.29) is 17.8 Å². The van der Waals surface area contributed by atoms with Gasteiger partial charge in [0.2, 0.25) is 0 Å². The monoisotopic (exact) mass is 294 g/mol. The number of rotatable bonds is 3. The van der Waals surface area contributed by atoms with Crippen LogP contribution in [-0.2, 0) is 22.7 Å². The molecular formula is C11H10BrF3O. The normalized spacial score (nSPS) is 11.6. The minimum absolute atomic E-state index is 0.0388. The molecule has 0 radical (unpaired) electrons. The maximum Gasteiger partial charge on any atom is 0.416 e. The van der Waals surface area contributed by atoms with E-state index in [2.05, 4.69) is 15.9 Å². The fourth-order valence-corrected chi connectivity index (χ4v) is 1.77. The van der Waals surface area contributed by atoms with E-state index in [0.717, 1.165) is 11.6 Å². The van der Waals surface area contributed by atoms with Gasteiger partial charge in [-0.05, 0) is 24.1 Å². The molecule has 1 aromatic rings. The lowest BCUT2D eigenvalue weighted by atomic mass is 10.00. The Hall–Kier alpha value is -0.840. The minimum Gasteiger partial charge on any atom is -0.300 e. The van der Waals surface area contributed by atoms with Gasteiger partial charge < -0.3 is 0 Å². The molecule has 0 fully saturated rings. The molecule has 0 N–H and O–H groups in total. The summed E-state index contributed by atoms with van der Waals surface area (Å²) in [5.41, 5.74) is 0.0357. The van der Waals surface area contributed by atoms with Gasteiger partial charge in [0.25, 0.3) is 0 Å². The van der Waals surface area contributed by atoms with Crippen molar-refractivity contribution in [2.45, 2.75) is 24.9 Å². The summed E-state index contributed by atoms with van der Waals surface area (Å²) in [7, 11) is 0. The van der Waals surface area contributed by atoms with E-state index in [1.54, 1.807) is 0 Å². The van der Waals surface area contributed by atoms with Gasteiger partial charge in [-0.1, -0.05) is 28.1 Å². The van der Waals surface area contributed by atoms with E-state index in [4.69, 9.17) is 0 Å². The molecule has 5 heteroatoms. The largest absolute Gasteiger partial charge is 0.416 e. The fraction of sp³-hybridized carbons (Fsp3) is 0.364. The molecule has 0 bridgehead atoms. The van der Waals surface area contributed by atoms with Crippen molar-refractivity contribution in [1.29, 1.82) is 0 Å². The van der Waals surface area contributed by atoms with Crippen molar-refractivity contribution < 1.29 is 18.0 Å². The number of Topliss-reactive ketones (excluding diaryl/α,β-unsaturated/α-hetero) is 1. The van der Waals surface area contributed by atoms with Crippen LogP contribution in [-0.4, -0.2) is 5.78 Å². The highest BCUT2D eigenvalue weighted by Crippen LogP contribution is 2.33. The van der Waals surface area contributed by atoms with E-state index in [9.17, 15) is 18.0 Å². The first-order chi connectivity index (χ1) is 7.34. The highest BCUT2D eigenvalue weighted by atomic mass is 79.9. The molecule has 1 nitrogen and oxygen atoms in total. The van der Waals surface area contributed by atoms with Crippen LogP contribution in [0.15, 0.2) is 18.2 Å². The van der Waals surface area contributed by atoms with Crippen LogP contribution in [0.3, 0.4) is 0 Å². The van der Waals surface area contributed by atoms with E-state index < -0.39 is 11.7 Å². The zero-order chi connectivity index (χ0) is 12.3. The molecule has 0 amide bonds. The second-order valence-electron chi connectivity index (χ2n) is 3.50. The van der Waals surface area contributed by atoms with E-state index >= 15 is 0 Å². The molecular weight excluding hydrogens is 285 g/mol. The van der Waals surface area contributed by atoms with Crippen molar-refractivity contribution in [3.8, 4) is 0 Å². The van der Waals surface area contributed by atoms with Gasteiger partial charge in [0, 0.05) is 11.8 Å². The van der Waals surface area contributed by atoms with E-state index in [1.807, 2.05) is 0 Å². The molecule has 0 aliphatic rings. The number of ketones is 1. The summed E-state index contributed by atoms with van der Waals surface area (Å²) in [6.45, 7) is 1.28. The second kappa shape index (κ2) is 4.99.